The van der Waals surface area contributed by atoms with Crippen molar-refractivity contribution in [1.82, 2.24) is 10.2 Å². The number of hydrogen-bond acceptors (Lipinski definition) is 5. The summed E-state index contributed by atoms with van der Waals surface area (Å²) in [4.78, 5) is 42.4. The molecule has 3 N–H and O–H groups in total. The van der Waals surface area contributed by atoms with E-state index >= 15 is 0 Å². The number of carbonyl (C=O) groups excluding carboxylic acids is 3. The van der Waals surface area contributed by atoms with Crippen molar-refractivity contribution >= 4 is 23.4 Å². The van der Waals surface area contributed by atoms with Crippen molar-refractivity contribution in [3.05, 3.63) is 30.3 Å². The largest absolute Gasteiger partial charge is 0.396 e. The van der Waals surface area contributed by atoms with Crippen LogP contribution in [-0.4, -0.2) is 64.2 Å². The molecule has 1 aromatic rings. The number of unbranched alkanes of at least 4 members (excludes halogenated alkanes) is 3. The van der Waals surface area contributed by atoms with Crippen LogP contribution in [0.4, 0.5) is 5.69 Å². The molecule has 3 saturated heterocycles. The van der Waals surface area contributed by atoms with Crippen molar-refractivity contribution in [2.75, 3.05) is 18.5 Å². The Morgan fingerprint density at radius 3 is 2.50 bits per heavy atom. The molecule has 4 rings (SSSR count). The van der Waals surface area contributed by atoms with E-state index in [1.165, 1.54) is 0 Å². The number of carbonyl (C=O) groups is 3. The summed E-state index contributed by atoms with van der Waals surface area (Å²) in [5.74, 6) is -1.96. The number of para-hydroxylation sites is 1. The zero-order valence-corrected chi connectivity index (χ0v) is 20.4. The summed E-state index contributed by atoms with van der Waals surface area (Å²) in [6.45, 7) is 6.28. The van der Waals surface area contributed by atoms with Crippen LogP contribution in [0.2, 0.25) is 0 Å². The number of rotatable bonds is 10. The first kappa shape index (κ1) is 24.7. The Labute approximate surface area is 201 Å². The minimum Gasteiger partial charge on any atom is -0.396 e. The molecule has 8 heteroatoms. The summed E-state index contributed by atoms with van der Waals surface area (Å²) < 4.78 is 6.59. The molecular formula is C26H37N3O5. The molecule has 0 radical (unpaired) electrons. The summed E-state index contributed by atoms with van der Waals surface area (Å²) in [6.07, 6.45) is 4.38. The number of aliphatic hydroxyl groups is 1. The van der Waals surface area contributed by atoms with E-state index in [1.54, 1.807) is 4.90 Å². The van der Waals surface area contributed by atoms with E-state index in [0.29, 0.717) is 25.1 Å². The number of aliphatic hydroxyl groups excluding tert-OH is 1. The number of benzene rings is 1. The number of likely N-dealkylation sites (tertiary alicyclic amines) is 1. The van der Waals surface area contributed by atoms with Crippen LogP contribution < -0.4 is 10.6 Å². The molecule has 3 heterocycles. The van der Waals surface area contributed by atoms with Crippen molar-refractivity contribution in [1.29, 1.82) is 0 Å². The fourth-order valence-corrected chi connectivity index (χ4v) is 6.22. The van der Waals surface area contributed by atoms with E-state index in [1.807, 2.05) is 51.1 Å². The molecular weight excluding hydrogens is 434 g/mol. The molecule has 3 aliphatic rings. The van der Waals surface area contributed by atoms with Gasteiger partial charge >= 0.3 is 0 Å². The number of fused-ring (bicyclic) bond motifs is 1. The van der Waals surface area contributed by atoms with Crippen molar-refractivity contribution in [3.8, 4) is 0 Å². The minimum atomic E-state index is -0.991. The van der Waals surface area contributed by atoms with Gasteiger partial charge in [0.05, 0.1) is 17.4 Å². The van der Waals surface area contributed by atoms with E-state index in [9.17, 15) is 14.4 Å². The van der Waals surface area contributed by atoms with Gasteiger partial charge in [-0.2, -0.15) is 0 Å². The first-order chi connectivity index (χ1) is 16.2. The Morgan fingerprint density at radius 1 is 1.12 bits per heavy atom. The van der Waals surface area contributed by atoms with Crippen LogP contribution in [0.1, 0.15) is 59.3 Å². The van der Waals surface area contributed by atoms with Gasteiger partial charge in [-0.15, -0.1) is 0 Å². The number of nitrogens with one attached hydrogen (secondary N) is 2. The first-order valence-corrected chi connectivity index (χ1v) is 12.5. The maximum atomic E-state index is 13.8. The Hall–Kier alpha value is -2.45. The van der Waals surface area contributed by atoms with Gasteiger partial charge in [0, 0.05) is 24.9 Å². The van der Waals surface area contributed by atoms with E-state index < -0.39 is 29.1 Å². The van der Waals surface area contributed by atoms with Crippen LogP contribution in [0.5, 0.6) is 0 Å². The molecule has 2 unspecified atom stereocenters. The highest BCUT2D eigenvalue weighted by Crippen LogP contribution is 2.63. The van der Waals surface area contributed by atoms with Gasteiger partial charge in [0.1, 0.15) is 11.6 Å². The average molecular weight is 472 g/mol. The summed E-state index contributed by atoms with van der Waals surface area (Å²) >= 11 is 0. The number of nitrogens with zero attached hydrogens (tertiary/aromatic N) is 1. The first-order valence-electron chi connectivity index (χ1n) is 12.5. The van der Waals surface area contributed by atoms with Gasteiger partial charge in [-0.1, -0.05) is 31.0 Å². The Kier molecular flexibility index (Phi) is 7.01. The highest BCUT2D eigenvalue weighted by Gasteiger charge is 2.77. The normalized spacial score (nSPS) is 31.7. The number of amides is 3. The lowest BCUT2D eigenvalue weighted by Gasteiger charge is -2.34. The average Bonchev–Trinajstić information content (AvgIpc) is 3.34. The number of anilines is 1. The predicted octanol–water partition coefficient (Wildman–Crippen LogP) is 2.47. The summed E-state index contributed by atoms with van der Waals surface area (Å²) in [5.41, 5.74) is -1.11. The Bertz CT molecular complexity index is 922. The van der Waals surface area contributed by atoms with Gasteiger partial charge in [-0.05, 0) is 58.6 Å². The van der Waals surface area contributed by atoms with Crippen LogP contribution in [0, 0.1) is 11.8 Å². The van der Waals surface area contributed by atoms with Crippen LogP contribution in [0.3, 0.4) is 0 Å². The fraction of sp³-hybridized carbons (Fsp3) is 0.654. The Balaban J connectivity index is 1.62. The monoisotopic (exact) mass is 471 g/mol. The SMILES string of the molecule is CC(C)NC(=O)C1N(CCCCCCO)C(=O)[C@@H]2[C@@H](C(=O)Nc3ccccc3)[C@@]3(C)CCC12O3. The molecule has 8 nitrogen and oxygen atoms in total. The van der Waals surface area contributed by atoms with Crippen LogP contribution in [0.15, 0.2) is 30.3 Å². The maximum Gasteiger partial charge on any atom is 0.246 e. The Morgan fingerprint density at radius 2 is 1.82 bits per heavy atom. The highest BCUT2D eigenvalue weighted by atomic mass is 16.5. The standard InChI is InChI=1S/C26H37N3O5/c1-17(2)27-23(32)21-26-14-13-25(3,34-26)19(22(31)28-18-11-7-6-8-12-18)20(26)24(33)29(21)15-9-4-5-10-16-30/h6-8,11-12,17,19-21,30H,4-5,9-10,13-16H2,1-3H3,(H,27,32)(H,28,31)/t19-,20-,21?,25+,26?/m0/s1. The fourth-order valence-electron chi connectivity index (χ4n) is 6.22. The molecule has 3 aliphatic heterocycles. The summed E-state index contributed by atoms with van der Waals surface area (Å²) in [7, 11) is 0. The smallest absolute Gasteiger partial charge is 0.246 e. The molecule has 0 aromatic heterocycles. The summed E-state index contributed by atoms with van der Waals surface area (Å²) in [6, 6.07) is 8.39. The van der Waals surface area contributed by atoms with Crippen molar-refractivity contribution in [2.45, 2.75) is 82.6 Å². The highest BCUT2D eigenvalue weighted by molar-refractivity contribution is 6.02. The molecule has 1 aromatic carbocycles. The molecule has 3 fully saturated rings. The second-order valence-corrected chi connectivity index (χ2v) is 10.4. The van der Waals surface area contributed by atoms with Gasteiger partial charge < -0.3 is 25.4 Å². The molecule has 0 saturated carbocycles. The van der Waals surface area contributed by atoms with Gasteiger partial charge in [0.25, 0.3) is 0 Å². The maximum absolute atomic E-state index is 13.8. The minimum absolute atomic E-state index is 0.0733. The lowest BCUT2D eigenvalue weighted by Crippen LogP contribution is -2.56. The van der Waals surface area contributed by atoms with Crippen LogP contribution in [-0.2, 0) is 19.1 Å². The molecule has 0 aliphatic carbocycles. The second kappa shape index (κ2) is 9.66. The van der Waals surface area contributed by atoms with E-state index in [2.05, 4.69) is 10.6 Å². The van der Waals surface area contributed by atoms with Crippen LogP contribution in [0.25, 0.3) is 0 Å². The third-order valence-corrected chi connectivity index (χ3v) is 7.59. The van der Waals surface area contributed by atoms with E-state index in [0.717, 1.165) is 25.7 Å². The molecule has 5 atom stereocenters. The topological polar surface area (TPSA) is 108 Å². The van der Waals surface area contributed by atoms with Gasteiger partial charge in [0.15, 0.2) is 0 Å². The second-order valence-electron chi connectivity index (χ2n) is 10.4. The van der Waals surface area contributed by atoms with Crippen molar-refractivity contribution in [2.24, 2.45) is 11.8 Å². The van der Waals surface area contributed by atoms with E-state index in [-0.39, 0.29) is 30.4 Å². The molecule has 1 spiro atoms. The predicted molar refractivity (Wildman–Crippen MR) is 128 cm³/mol. The lowest BCUT2D eigenvalue weighted by atomic mass is 9.66. The van der Waals surface area contributed by atoms with Crippen molar-refractivity contribution < 1.29 is 24.2 Å². The van der Waals surface area contributed by atoms with Gasteiger partial charge in [-0.3, -0.25) is 14.4 Å². The third-order valence-electron chi connectivity index (χ3n) is 7.59. The van der Waals surface area contributed by atoms with Gasteiger partial charge in [-0.25, -0.2) is 0 Å². The molecule has 3 amide bonds. The van der Waals surface area contributed by atoms with Crippen molar-refractivity contribution in [3.63, 3.8) is 0 Å². The molecule has 186 valence electrons. The van der Waals surface area contributed by atoms with E-state index in [4.69, 9.17) is 9.84 Å². The number of hydrogen-bond donors (Lipinski definition) is 3. The van der Waals surface area contributed by atoms with Gasteiger partial charge in [0.2, 0.25) is 17.7 Å². The lowest BCUT2D eigenvalue weighted by molar-refractivity contribution is -0.145. The third kappa shape index (κ3) is 4.22. The zero-order chi connectivity index (χ0) is 24.5. The quantitative estimate of drug-likeness (QED) is 0.455. The molecule has 34 heavy (non-hydrogen) atoms. The zero-order valence-electron chi connectivity index (χ0n) is 20.4. The molecule has 2 bridgehead atoms. The van der Waals surface area contributed by atoms with Crippen LogP contribution >= 0.6 is 0 Å². The number of ether oxygens (including phenoxy) is 1. The summed E-state index contributed by atoms with van der Waals surface area (Å²) in [5, 5.41) is 15.0.